The van der Waals surface area contributed by atoms with Gasteiger partial charge in [0.2, 0.25) is 0 Å². The van der Waals surface area contributed by atoms with E-state index in [4.69, 9.17) is 16.3 Å². The van der Waals surface area contributed by atoms with Gasteiger partial charge >= 0.3 is 0 Å². The summed E-state index contributed by atoms with van der Waals surface area (Å²) < 4.78 is 18.9. The number of halogens is 2. The van der Waals surface area contributed by atoms with Crippen molar-refractivity contribution in [2.24, 2.45) is 0 Å². The molecule has 0 aromatic rings. The van der Waals surface area contributed by atoms with E-state index in [1.54, 1.807) is 11.9 Å². The number of amides is 1. The van der Waals surface area contributed by atoms with E-state index in [1.807, 2.05) is 13.1 Å². The molecule has 7 heteroatoms. The Kier molecular flexibility index (Phi) is 7.50. The van der Waals surface area contributed by atoms with E-state index in [9.17, 15) is 9.18 Å². The Morgan fingerprint density at radius 1 is 1.46 bits per heavy atom. The van der Waals surface area contributed by atoms with E-state index < -0.39 is 11.5 Å². The van der Waals surface area contributed by atoms with E-state index in [2.05, 4.69) is 24.1 Å². The van der Waals surface area contributed by atoms with Gasteiger partial charge in [-0.2, -0.15) is 0 Å². The van der Waals surface area contributed by atoms with Gasteiger partial charge in [-0.1, -0.05) is 12.2 Å². The molecule has 2 aliphatic rings. The van der Waals surface area contributed by atoms with Gasteiger partial charge in [-0.25, -0.2) is 4.39 Å². The molecule has 2 rings (SSSR count). The number of nitrogens with one attached hydrogen (secondary N) is 2. The molecule has 148 valence electrons. The van der Waals surface area contributed by atoms with Gasteiger partial charge in [0.25, 0.3) is 5.91 Å². The molecule has 0 aromatic carbocycles. The van der Waals surface area contributed by atoms with E-state index >= 15 is 0 Å². The number of rotatable bonds is 8. The normalized spacial score (nSPS) is 28.2. The molecule has 0 radical (unpaired) electrons. The Morgan fingerprint density at radius 3 is 2.73 bits per heavy atom. The first-order valence-electron chi connectivity index (χ1n) is 9.21. The average Bonchev–Trinajstić information content (AvgIpc) is 2.55. The lowest BCUT2D eigenvalue weighted by atomic mass is 9.93. The molecule has 2 fully saturated rings. The third-order valence-corrected chi connectivity index (χ3v) is 5.53. The lowest BCUT2D eigenvalue weighted by Crippen LogP contribution is -2.58. The Balaban J connectivity index is 1.75. The molecule has 1 heterocycles. The van der Waals surface area contributed by atoms with Crippen molar-refractivity contribution < 1.29 is 13.9 Å². The van der Waals surface area contributed by atoms with Gasteiger partial charge in [0.1, 0.15) is 6.17 Å². The second-order valence-corrected chi connectivity index (χ2v) is 8.34. The first kappa shape index (κ1) is 21.2. The van der Waals surface area contributed by atoms with Crippen molar-refractivity contribution in [3.8, 4) is 0 Å². The van der Waals surface area contributed by atoms with E-state index in [0.29, 0.717) is 18.5 Å². The molecule has 1 unspecified atom stereocenters. The minimum absolute atomic E-state index is 0.0893. The van der Waals surface area contributed by atoms with Gasteiger partial charge in [0.15, 0.2) is 0 Å². The first-order chi connectivity index (χ1) is 12.2. The minimum atomic E-state index is -1.07. The maximum atomic E-state index is 13.7. The number of carbonyl (C=O) groups is 1. The zero-order valence-electron chi connectivity index (χ0n) is 16.0. The summed E-state index contributed by atoms with van der Waals surface area (Å²) in [7, 11) is 1.80. The third-order valence-electron chi connectivity index (χ3n) is 5.04. The molecule has 1 saturated carbocycles. The van der Waals surface area contributed by atoms with Crippen LogP contribution in [-0.2, 0) is 9.53 Å². The molecule has 1 amide bonds. The number of ether oxygens (including phenoxy) is 1. The topological polar surface area (TPSA) is 53.6 Å². The molecule has 0 spiro atoms. The number of hydrogen-bond donors (Lipinski definition) is 2. The second kappa shape index (κ2) is 9.20. The van der Waals surface area contributed by atoms with Crippen molar-refractivity contribution in [2.75, 3.05) is 26.8 Å². The predicted molar refractivity (Wildman–Crippen MR) is 103 cm³/mol. The van der Waals surface area contributed by atoms with Crippen LogP contribution in [0.5, 0.6) is 0 Å². The predicted octanol–water partition coefficient (Wildman–Crippen LogP) is 2.72. The van der Waals surface area contributed by atoms with Crippen molar-refractivity contribution in [1.29, 1.82) is 0 Å². The molecule has 0 aromatic heterocycles. The van der Waals surface area contributed by atoms with Crippen molar-refractivity contribution in [2.45, 2.75) is 62.7 Å². The largest absolute Gasteiger partial charge is 0.377 e. The van der Waals surface area contributed by atoms with Crippen LogP contribution in [0.3, 0.4) is 0 Å². The van der Waals surface area contributed by atoms with Crippen LogP contribution in [0.15, 0.2) is 24.0 Å². The number of nitrogens with zero attached hydrogens (tertiary/aromatic N) is 1. The van der Waals surface area contributed by atoms with Crippen molar-refractivity contribution >= 4 is 17.5 Å². The number of likely N-dealkylation sites (N-methyl/N-ethyl adjacent to an activating group) is 1. The molecule has 2 N–H and O–H groups in total. The van der Waals surface area contributed by atoms with E-state index in [-0.39, 0.29) is 23.9 Å². The molecule has 1 aliphatic heterocycles. The lowest BCUT2D eigenvalue weighted by molar-refractivity contribution is -0.119. The van der Waals surface area contributed by atoms with Crippen LogP contribution < -0.4 is 10.6 Å². The van der Waals surface area contributed by atoms with Crippen LogP contribution >= 0.6 is 11.6 Å². The fourth-order valence-electron chi connectivity index (χ4n) is 3.18. The molecule has 1 saturated heterocycles. The van der Waals surface area contributed by atoms with Gasteiger partial charge in [-0.05, 0) is 39.7 Å². The number of alkyl halides is 2. The van der Waals surface area contributed by atoms with E-state index in [1.165, 1.54) is 0 Å². The SMILES string of the molecule is C=C(C(=O)N[C@H]1CC[C@@H](Cl)C(F)C1)N(C)/C=C(\C)CCNC1(C)COC1. The molecule has 26 heavy (non-hydrogen) atoms. The Morgan fingerprint density at radius 2 is 2.15 bits per heavy atom. The molecule has 1 aliphatic carbocycles. The van der Waals surface area contributed by atoms with Gasteiger partial charge in [-0.3, -0.25) is 4.79 Å². The smallest absolute Gasteiger partial charge is 0.267 e. The van der Waals surface area contributed by atoms with Gasteiger partial charge in [-0.15, -0.1) is 11.6 Å². The van der Waals surface area contributed by atoms with Gasteiger partial charge in [0.05, 0.1) is 29.8 Å². The van der Waals surface area contributed by atoms with Crippen LogP contribution in [0, 0.1) is 0 Å². The summed E-state index contributed by atoms with van der Waals surface area (Å²) in [4.78, 5) is 14.1. The van der Waals surface area contributed by atoms with Gasteiger partial charge < -0.3 is 20.3 Å². The first-order valence-corrected chi connectivity index (χ1v) is 9.64. The van der Waals surface area contributed by atoms with Crippen molar-refractivity contribution in [3.05, 3.63) is 24.0 Å². The van der Waals surface area contributed by atoms with Crippen molar-refractivity contribution in [3.63, 3.8) is 0 Å². The van der Waals surface area contributed by atoms with Crippen LogP contribution in [0.2, 0.25) is 0 Å². The van der Waals surface area contributed by atoms with Crippen molar-refractivity contribution in [1.82, 2.24) is 15.5 Å². The highest BCUT2D eigenvalue weighted by molar-refractivity contribution is 6.21. The number of hydrogen-bond acceptors (Lipinski definition) is 4. The highest BCUT2D eigenvalue weighted by Crippen LogP contribution is 2.26. The maximum Gasteiger partial charge on any atom is 0.267 e. The zero-order valence-corrected chi connectivity index (χ0v) is 16.7. The monoisotopic (exact) mass is 387 g/mol. The minimum Gasteiger partial charge on any atom is -0.377 e. The molecular formula is C19H31ClFN3O2. The highest BCUT2D eigenvalue weighted by Gasteiger charge is 2.32. The Bertz CT molecular complexity index is 551. The molecule has 3 atom stereocenters. The number of carbonyl (C=O) groups excluding carboxylic acids is 1. The fourth-order valence-corrected chi connectivity index (χ4v) is 3.41. The second-order valence-electron chi connectivity index (χ2n) is 7.78. The summed E-state index contributed by atoms with van der Waals surface area (Å²) in [5, 5.41) is 5.91. The molecular weight excluding hydrogens is 357 g/mol. The quantitative estimate of drug-likeness (QED) is 0.496. The average molecular weight is 388 g/mol. The maximum absolute atomic E-state index is 13.7. The standard InChI is InChI=1S/C19H31ClFN3O2/c1-13(7-8-22-19(3)11-26-12-19)10-24(4)14(2)18(25)23-15-5-6-16(20)17(21)9-15/h10,15-17,22H,2,5-9,11-12H2,1,3-4H3,(H,23,25)/b13-10+/t15-,16+,17?/m0/s1. The lowest BCUT2D eigenvalue weighted by Gasteiger charge is -2.39. The molecule has 5 nitrogen and oxygen atoms in total. The summed E-state index contributed by atoms with van der Waals surface area (Å²) in [6.45, 7) is 10.4. The van der Waals surface area contributed by atoms with Crippen LogP contribution in [0.1, 0.15) is 39.5 Å². The Labute approximate surface area is 161 Å². The van der Waals surface area contributed by atoms with Crippen LogP contribution in [0.25, 0.3) is 0 Å². The van der Waals surface area contributed by atoms with Gasteiger partial charge in [0, 0.05) is 25.7 Å². The van der Waals surface area contributed by atoms with Crippen LogP contribution in [-0.4, -0.2) is 60.7 Å². The summed E-state index contributed by atoms with van der Waals surface area (Å²) in [5.41, 5.74) is 1.58. The summed E-state index contributed by atoms with van der Waals surface area (Å²) in [6, 6.07) is -0.183. The summed E-state index contributed by atoms with van der Waals surface area (Å²) >= 11 is 5.89. The summed E-state index contributed by atoms with van der Waals surface area (Å²) in [5.74, 6) is -0.265. The zero-order chi connectivity index (χ0) is 19.3. The molecule has 0 bridgehead atoms. The Hall–Kier alpha value is -1.11. The van der Waals surface area contributed by atoms with E-state index in [0.717, 1.165) is 31.8 Å². The fraction of sp³-hybridized carbons (Fsp3) is 0.737. The third kappa shape index (κ3) is 5.96. The summed E-state index contributed by atoms with van der Waals surface area (Å²) in [6.07, 6.45) is 3.25. The highest BCUT2D eigenvalue weighted by atomic mass is 35.5. The van der Waals surface area contributed by atoms with Crippen LogP contribution in [0.4, 0.5) is 4.39 Å².